The number of carbonyl (C=O) groups is 1. The molecule has 0 spiro atoms. The minimum absolute atomic E-state index is 0.0163. The molecule has 0 aromatic heterocycles. The molecule has 0 aliphatic carbocycles. The normalized spacial score (nSPS) is 15.2. The maximum Gasteiger partial charge on any atom is 0.224 e. The van der Waals surface area contributed by atoms with Crippen molar-refractivity contribution >= 4 is 28.9 Å². The van der Waals surface area contributed by atoms with Gasteiger partial charge < -0.3 is 20.7 Å². The Morgan fingerprint density at radius 2 is 2.15 bits per heavy atom. The number of anilines is 2. The summed E-state index contributed by atoms with van der Waals surface area (Å²) in [6.07, 6.45) is 0.323. The maximum atomic E-state index is 13.3. The Balaban J connectivity index is 1.83. The fraction of sp³-hybridized carbons (Fsp3) is 0.462. The van der Waals surface area contributed by atoms with Gasteiger partial charge in [-0.1, -0.05) is 11.6 Å². The third-order valence-electron chi connectivity index (χ3n) is 3.11. The first-order valence-electron chi connectivity index (χ1n) is 6.42. The SMILES string of the molecule is Nc1cc(Cl)c(F)cc1NCCC(=O)N1CCOCC1. The minimum atomic E-state index is -0.539. The zero-order valence-corrected chi connectivity index (χ0v) is 11.8. The summed E-state index contributed by atoms with van der Waals surface area (Å²) in [5.41, 5.74) is 6.53. The maximum absolute atomic E-state index is 13.3. The van der Waals surface area contributed by atoms with E-state index in [-0.39, 0.29) is 10.9 Å². The molecule has 20 heavy (non-hydrogen) atoms. The van der Waals surface area contributed by atoms with Crippen LogP contribution < -0.4 is 11.1 Å². The van der Waals surface area contributed by atoms with Crippen LogP contribution in [-0.2, 0) is 9.53 Å². The number of hydrogen-bond acceptors (Lipinski definition) is 4. The van der Waals surface area contributed by atoms with E-state index in [9.17, 15) is 9.18 Å². The second-order valence-electron chi connectivity index (χ2n) is 4.52. The van der Waals surface area contributed by atoms with Gasteiger partial charge in [-0.15, -0.1) is 0 Å². The smallest absolute Gasteiger partial charge is 0.224 e. The van der Waals surface area contributed by atoms with Crippen molar-refractivity contribution in [1.29, 1.82) is 0 Å². The van der Waals surface area contributed by atoms with Crippen LogP contribution in [0.15, 0.2) is 12.1 Å². The first-order chi connectivity index (χ1) is 9.58. The molecule has 7 heteroatoms. The lowest BCUT2D eigenvalue weighted by molar-refractivity contribution is -0.134. The predicted octanol–water partition coefficient (Wildman–Crippen LogP) is 1.72. The quantitative estimate of drug-likeness (QED) is 0.831. The van der Waals surface area contributed by atoms with Crippen LogP contribution in [0.2, 0.25) is 5.02 Å². The van der Waals surface area contributed by atoms with E-state index in [0.717, 1.165) is 0 Å². The van der Waals surface area contributed by atoms with Crippen molar-refractivity contribution < 1.29 is 13.9 Å². The summed E-state index contributed by atoms with van der Waals surface area (Å²) in [6, 6.07) is 2.58. The van der Waals surface area contributed by atoms with Crippen LogP contribution in [0.1, 0.15) is 6.42 Å². The molecular weight excluding hydrogens is 285 g/mol. The van der Waals surface area contributed by atoms with Crippen molar-refractivity contribution in [3.8, 4) is 0 Å². The average molecular weight is 302 g/mol. The molecule has 0 radical (unpaired) electrons. The number of nitrogens with two attached hydrogens (primary N) is 1. The first-order valence-corrected chi connectivity index (χ1v) is 6.79. The summed E-state index contributed by atoms with van der Waals surface area (Å²) in [7, 11) is 0. The molecule has 110 valence electrons. The van der Waals surface area contributed by atoms with Crippen LogP contribution >= 0.6 is 11.6 Å². The number of ether oxygens (including phenoxy) is 1. The van der Waals surface area contributed by atoms with Gasteiger partial charge in [0.2, 0.25) is 5.91 Å². The van der Waals surface area contributed by atoms with Crippen molar-refractivity contribution in [2.75, 3.05) is 43.9 Å². The van der Waals surface area contributed by atoms with Crippen LogP contribution in [0.4, 0.5) is 15.8 Å². The first kappa shape index (κ1) is 14.9. The van der Waals surface area contributed by atoms with Gasteiger partial charge in [-0.25, -0.2) is 4.39 Å². The number of halogens is 2. The van der Waals surface area contributed by atoms with Gasteiger partial charge in [-0.3, -0.25) is 4.79 Å². The van der Waals surface area contributed by atoms with Crippen molar-refractivity contribution in [2.24, 2.45) is 0 Å². The Morgan fingerprint density at radius 1 is 1.45 bits per heavy atom. The number of amides is 1. The highest BCUT2D eigenvalue weighted by molar-refractivity contribution is 6.31. The summed E-state index contributed by atoms with van der Waals surface area (Å²) < 4.78 is 18.5. The molecule has 3 N–H and O–H groups in total. The standard InChI is InChI=1S/C13H17ClFN3O2/c14-9-7-11(16)12(8-10(9)15)17-2-1-13(19)18-3-5-20-6-4-18/h7-8,17H,1-6,16H2. The largest absolute Gasteiger partial charge is 0.397 e. The number of rotatable bonds is 4. The fourth-order valence-electron chi connectivity index (χ4n) is 1.99. The van der Waals surface area contributed by atoms with E-state index < -0.39 is 5.82 Å². The monoisotopic (exact) mass is 301 g/mol. The third-order valence-corrected chi connectivity index (χ3v) is 3.40. The zero-order valence-electron chi connectivity index (χ0n) is 11.0. The van der Waals surface area contributed by atoms with Crippen molar-refractivity contribution in [2.45, 2.75) is 6.42 Å². The van der Waals surface area contributed by atoms with E-state index >= 15 is 0 Å². The van der Waals surface area contributed by atoms with Crippen LogP contribution in [0, 0.1) is 5.82 Å². The van der Waals surface area contributed by atoms with Crippen LogP contribution in [0.25, 0.3) is 0 Å². The predicted molar refractivity (Wildman–Crippen MR) is 76.3 cm³/mol. The minimum Gasteiger partial charge on any atom is -0.397 e. The molecular formula is C13H17ClFN3O2. The Bertz CT molecular complexity index is 493. The van der Waals surface area contributed by atoms with Crippen LogP contribution in [0.5, 0.6) is 0 Å². The number of morpholine rings is 1. The van der Waals surface area contributed by atoms with Crippen molar-refractivity contribution in [3.05, 3.63) is 23.0 Å². The van der Waals surface area contributed by atoms with Gasteiger partial charge in [-0.2, -0.15) is 0 Å². The van der Waals surface area contributed by atoms with E-state index in [0.29, 0.717) is 50.6 Å². The van der Waals surface area contributed by atoms with E-state index in [1.54, 1.807) is 4.90 Å². The molecule has 5 nitrogen and oxygen atoms in total. The molecule has 1 aromatic rings. The molecule has 1 aromatic carbocycles. The van der Waals surface area contributed by atoms with E-state index in [2.05, 4.69) is 5.32 Å². The Morgan fingerprint density at radius 3 is 2.85 bits per heavy atom. The highest BCUT2D eigenvalue weighted by Crippen LogP contribution is 2.25. The fourth-order valence-corrected chi connectivity index (χ4v) is 2.16. The number of hydrogen-bond donors (Lipinski definition) is 2. The highest BCUT2D eigenvalue weighted by atomic mass is 35.5. The molecule has 2 rings (SSSR count). The molecule has 1 aliphatic heterocycles. The van der Waals surface area contributed by atoms with E-state index in [4.69, 9.17) is 22.1 Å². The number of carbonyl (C=O) groups excluding carboxylic acids is 1. The third kappa shape index (κ3) is 3.74. The second-order valence-corrected chi connectivity index (χ2v) is 4.93. The van der Waals surface area contributed by atoms with Crippen molar-refractivity contribution in [1.82, 2.24) is 4.90 Å². The zero-order chi connectivity index (χ0) is 14.5. The molecule has 1 amide bonds. The van der Waals surface area contributed by atoms with Gasteiger partial charge in [0.05, 0.1) is 29.6 Å². The summed E-state index contributed by atoms with van der Waals surface area (Å²) >= 11 is 5.62. The Hall–Kier alpha value is -1.53. The summed E-state index contributed by atoms with van der Waals surface area (Å²) in [5, 5.41) is 2.93. The number of nitrogens with zero attached hydrogens (tertiary/aromatic N) is 1. The van der Waals surface area contributed by atoms with Gasteiger partial charge in [0.25, 0.3) is 0 Å². The van der Waals surface area contributed by atoms with E-state index in [1.165, 1.54) is 12.1 Å². The van der Waals surface area contributed by atoms with E-state index in [1.807, 2.05) is 0 Å². The molecule has 1 fully saturated rings. The molecule has 0 saturated carbocycles. The Kier molecular flexibility index (Phi) is 5.03. The molecule has 1 saturated heterocycles. The van der Waals surface area contributed by atoms with Gasteiger partial charge in [0.15, 0.2) is 0 Å². The molecule has 0 atom stereocenters. The van der Waals surface area contributed by atoms with Gasteiger partial charge in [0.1, 0.15) is 5.82 Å². The molecule has 1 aliphatic rings. The molecule has 1 heterocycles. The highest BCUT2D eigenvalue weighted by Gasteiger charge is 2.16. The second kappa shape index (κ2) is 6.76. The average Bonchev–Trinajstić information content (AvgIpc) is 2.45. The topological polar surface area (TPSA) is 67.6 Å². The lowest BCUT2D eigenvalue weighted by Gasteiger charge is -2.27. The van der Waals surface area contributed by atoms with Crippen molar-refractivity contribution in [3.63, 3.8) is 0 Å². The summed E-state index contributed by atoms with van der Waals surface area (Å²) in [5.74, 6) is -0.489. The molecule has 0 bridgehead atoms. The lowest BCUT2D eigenvalue weighted by atomic mass is 10.2. The summed E-state index contributed by atoms with van der Waals surface area (Å²) in [4.78, 5) is 13.7. The number of nitrogens with one attached hydrogen (secondary N) is 1. The van der Waals surface area contributed by atoms with Gasteiger partial charge >= 0.3 is 0 Å². The summed E-state index contributed by atoms with van der Waals surface area (Å²) in [6.45, 7) is 2.79. The lowest BCUT2D eigenvalue weighted by Crippen LogP contribution is -2.41. The van der Waals surface area contributed by atoms with Gasteiger partial charge in [-0.05, 0) is 6.07 Å². The van der Waals surface area contributed by atoms with Crippen LogP contribution in [0.3, 0.4) is 0 Å². The number of nitrogen functional groups attached to an aromatic ring is 1. The Labute approximate surface area is 121 Å². The molecule has 0 unspecified atom stereocenters. The van der Waals surface area contributed by atoms with Gasteiger partial charge in [0, 0.05) is 32.1 Å². The van der Waals surface area contributed by atoms with Crippen LogP contribution in [-0.4, -0.2) is 43.7 Å². The number of benzene rings is 1.